The smallest absolute Gasteiger partial charge is 0.351 e. The first-order valence-electron chi connectivity index (χ1n) is 12.5. The maximum Gasteiger partial charge on any atom is 0.390 e. The lowest BCUT2D eigenvalue weighted by atomic mass is 9.91. The van der Waals surface area contributed by atoms with Crippen LogP contribution in [-0.2, 0) is 10.0 Å². The number of nitrogens with zero attached hydrogens (tertiary/aromatic N) is 4. The number of aromatic nitrogens is 3. The Kier molecular flexibility index (Phi) is 8.73. The van der Waals surface area contributed by atoms with E-state index in [1.165, 1.54) is 12.3 Å². The zero-order chi connectivity index (χ0) is 29.2. The predicted octanol–water partition coefficient (Wildman–Crippen LogP) is 5.75. The molecule has 2 heterocycles. The molecule has 3 aromatic rings. The number of alkyl halides is 5. The third-order valence-electron chi connectivity index (χ3n) is 6.76. The van der Waals surface area contributed by atoms with Crippen LogP contribution >= 0.6 is 0 Å². The topological polar surface area (TPSA) is 100 Å². The first-order chi connectivity index (χ1) is 18.7. The van der Waals surface area contributed by atoms with Gasteiger partial charge < -0.3 is 10.2 Å². The Labute approximate surface area is 227 Å². The van der Waals surface area contributed by atoms with Crippen molar-refractivity contribution in [1.82, 2.24) is 19.9 Å². The lowest BCUT2D eigenvalue weighted by Gasteiger charge is -2.32. The summed E-state index contributed by atoms with van der Waals surface area (Å²) in [6.07, 6.45) is -4.22. The van der Waals surface area contributed by atoms with Gasteiger partial charge in [-0.1, -0.05) is 6.07 Å². The van der Waals surface area contributed by atoms with Gasteiger partial charge in [0.1, 0.15) is 16.9 Å². The minimum Gasteiger partial charge on any atom is -0.351 e. The Morgan fingerprint density at radius 1 is 1.07 bits per heavy atom. The molecule has 0 radical (unpaired) electrons. The zero-order valence-corrected chi connectivity index (χ0v) is 22.5. The van der Waals surface area contributed by atoms with E-state index in [0.717, 1.165) is 43.9 Å². The van der Waals surface area contributed by atoms with Crippen LogP contribution < -0.4 is 10.0 Å². The van der Waals surface area contributed by atoms with Crippen LogP contribution in [0.2, 0.25) is 0 Å². The molecule has 1 fully saturated rings. The van der Waals surface area contributed by atoms with E-state index in [2.05, 4.69) is 25.2 Å². The molecular formula is C25H28F6N6O2S. The van der Waals surface area contributed by atoms with E-state index in [9.17, 15) is 34.8 Å². The molecule has 2 aromatic heterocycles. The maximum atomic E-state index is 14.7. The van der Waals surface area contributed by atoms with Crippen molar-refractivity contribution >= 4 is 32.7 Å². The molecule has 0 spiro atoms. The third kappa shape index (κ3) is 7.50. The van der Waals surface area contributed by atoms with Gasteiger partial charge in [0.2, 0.25) is 16.0 Å². The van der Waals surface area contributed by atoms with Gasteiger partial charge in [0, 0.05) is 23.2 Å². The third-order valence-corrected chi connectivity index (χ3v) is 8.03. The largest absolute Gasteiger partial charge is 0.390 e. The van der Waals surface area contributed by atoms with Crippen molar-refractivity contribution in [2.24, 2.45) is 0 Å². The summed E-state index contributed by atoms with van der Waals surface area (Å²) in [7, 11) is -0.420. The Morgan fingerprint density at radius 3 is 2.38 bits per heavy atom. The molecule has 0 amide bonds. The van der Waals surface area contributed by atoms with Crippen LogP contribution in [-0.4, -0.2) is 66.4 Å². The number of pyridine rings is 1. The summed E-state index contributed by atoms with van der Waals surface area (Å²) < 4.78 is 106. The molecule has 218 valence electrons. The van der Waals surface area contributed by atoms with Crippen LogP contribution in [0.1, 0.15) is 44.1 Å². The molecule has 15 heteroatoms. The van der Waals surface area contributed by atoms with E-state index < -0.39 is 51.9 Å². The molecule has 0 atom stereocenters. The maximum absolute atomic E-state index is 14.7. The lowest BCUT2D eigenvalue weighted by Crippen LogP contribution is -2.36. The highest BCUT2D eigenvalue weighted by molar-refractivity contribution is 7.92. The molecule has 0 aliphatic heterocycles. The van der Waals surface area contributed by atoms with Crippen molar-refractivity contribution in [2.75, 3.05) is 29.9 Å². The Hall–Kier alpha value is -3.20. The predicted molar refractivity (Wildman–Crippen MR) is 139 cm³/mol. The zero-order valence-electron chi connectivity index (χ0n) is 21.6. The van der Waals surface area contributed by atoms with Crippen molar-refractivity contribution < 1.29 is 34.8 Å². The van der Waals surface area contributed by atoms with Crippen LogP contribution in [0.3, 0.4) is 0 Å². The minimum absolute atomic E-state index is 0.0411. The van der Waals surface area contributed by atoms with Crippen LogP contribution in [0.5, 0.6) is 0 Å². The molecule has 1 aromatic carbocycles. The molecule has 2 N–H and O–H groups in total. The van der Waals surface area contributed by atoms with Gasteiger partial charge in [0.05, 0.1) is 29.8 Å². The van der Waals surface area contributed by atoms with Gasteiger partial charge in [-0.25, -0.2) is 36.5 Å². The van der Waals surface area contributed by atoms with Crippen LogP contribution in [0.15, 0.2) is 30.5 Å². The van der Waals surface area contributed by atoms with Crippen LogP contribution in [0, 0.1) is 5.82 Å². The highest BCUT2D eigenvalue weighted by atomic mass is 32.2. The number of anilines is 2. The molecule has 8 nitrogen and oxygen atoms in total. The highest BCUT2D eigenvalue weighted by Gasteiger charge is 2.30. The number of hydrogen-bond acceptors (Lipinski definition) is 7. The number of rotatable bonds is 9. The summed E-state index contributed by atoms with van der Waals surface area (Å²) in [5, 5.41) is 3.21. The summed E-state index contributed by atoms with van der Waals surface area (Å²) in [6, 6.07) is 4.70. The van der Waals surface area contributed by atoms with Gasteiger partial charge in [0.15, 0.2) is 0 Å². The minimum atomic E-state index is -4.70. The van der Waals surface area contributed by atoms with E-state index >= 15 is 0 Å². The number of sulfonamides is 1. The summed E-state index contributed by atoms with van der Waals surface area (Å²) in [5.41, 5.74) is -1.04. The second kappa shape index (κ2) is 11.7. The van der Waals surface area contributed by atoms with Crippen molar-refractivity contribution in [3.63, 3.8) is 0 Å². The summed E-state index contributed by atoms with van der Waals surface area (Å²) in [4.78, 5) is 15.0. The average molecular weight is 591 g/mol. The standard InChI is InChI=1S/C25H28F6N6O2S/c1-37(2)16-6-4-15(5-7-16)33-24-32-13-21-22(35-24)17(23(27)28)12-20(34-21)14-3-8-19(18(26)11-14)36-40(38,39)10-9-25(29,30)31/h3,8,11-13,15-16,23,36H,4-7,9-10H2,1-2H3,(H,32,33,35)/t15-,16-. The molecule has 0 unspecified atom stereocenters. The number of nitrogens with one attached hydrogen (secondary N) is 2. The van der Waals surface area contributed by atoms with Crippen LogP contribution in [0.4, 0.5) is 38.0 Å². The molecule has 0 bridgehead atoms. The molecule has 1 aliphatic rings. The van der Waals surface area contributed by atoms with Gasteiger partial charge in [-0.05, 0) is 58.0 Å². The first-order valence-corrected chi connectivity index (χ1v) is 14.1. The second-order valence-corrected chi connectivity index (χ2v) is 11.8. The summed E-state index contributed by atoms with van der Waals surface area (Å²) in [6.45, 7) is 0. The number of fused-ring (bicyclic) bond motifs is 1. The summed E-state index contributed by atoms with van der Waals surface area (Å²) in [5.74, 6) is -2.20. The molecule has 40 heavy (non-hydrogen) atoms. The highest BCUT2D eigenvalue weighted by Crippen LogP contribution is 2.32. The van der Waals surface area contributed by atoms with Crippen molar-refractivity contribution in [1.29, 1.82) is 0 Å². The lowest BCUT2D eigenvalue weighted by molar-refractivity contribution is -0.129. The quantitative estimate of drug-likeness (QED) is 0.306. The Balaban J connectivity index is 1.56. The monoisotopic (exact) mass is 590 g/mol. The first kappa shape index (κ1) is 29.8. The van der Waals surface area contributed by atoms with E-state index in [4.69, 9.17) is 0 Å². The van der Waals surface area contributed by atoms with Gasteiger partial charge in [0.25, 0.3) is 6.43 Å². The summed E-state index contributed by atoms with van der Waals surface area (Å²) >= 11 is 0. The Morgan fingerprint density at radius 2 is 1.77 bits per heavy atom. The number of benzene rings is 1. The SMILES string of the molecule is CN(C)[C@H]1CC[C@H](Nc2ncc3nc(-c4ccc(NS(=O)(=O)CCC(F)(F)F)c(F)c4)cc(C(F)F)c3n2)CC1. The van der Waals surface area contributed by atoms with Crippen molar-refractivity contribution in [2.45, 2.75) is 56.8 Å². The molecule has 0 saturated heterocycles. The number of halogens is 6. The second-order valence-electron chi connectivity index (χ2n) is 9.92. The van der Waals surface area contributed by atoms with E-state index in [1.54, 1.807) is 4.72 Å². The van der Waals surface area contributed by atoms with E-state index in [-0.39, 0.29) is 34.3 Å². The van der Waals surface area contributed by atoms with Crippen molar-refractivity contribution in [3.8, 4) is 11.3 Å². The molecule has 1 aliphatic carbocycles. The molecular weight excluding hydrogens is 562 g/mol. The fraction of sp³-hybridized carbons (Fsp3) is 0.480. The van der Waals surface area contributed by atoms with Crippen molar-refractivity contribution in [3.05, 3.63) is 41.8 Å². The average Bonchev–Trinajstić information content (AvgIpc) is 2.88. The Bertz CT molecular complexity index is 1460. The van der Waals surface area contributed by atoms with Gasteiger partial charge in [-0.2, -0.15) is 13.2 Å². The van der Waals surface area contributed by atoms with Gasteiger partial charge in [-0.15, -0.1) is 0 Å². The number of hydrogen-bond donors (Lipinski definition) is 2. The fourth-order valence-corrected chi connectivity index (χ4v) is 5.68. The molecule has 4 rings (SSSR count). The van der Waals surface area contributed by atoms with Gasteiger partial charge in [-0.3, -0.25) is 4.72 Å². The fourth-order valence-electron chi connectivity index (χ4n) is 4.58. The van der Waals surface area contributed by atoms with E-state index in [1.807, 2.05) is 14.1 Å². The van der Waals surface area contributed by atoms with Crippen LogP contribution in [0.25, 0.3) is 22.3 Å². The van der Waals surface area contributed by atoms with E-state index in [0.29, 0.717) is 6.04 Å². The normalized spacial score (nSPS) is 18.4. The van der Waals surface area contributed by atoms with Gasteiger partial charge >= 0.3 is 6.18 Å². The molecule has 1 saturated carbocycles.